The average Bonchev–Trinajstić information content (AvgIpc) is 2.32. The van der Waals surface area contributed by atoms with E-state index in [0.29, 0.717) is 0 Å². The van der Waals surface area contributed by atoms with Crippen molar-refractivity contribution in [2.45, 2.75) is 6.54 Å². The van der Waals surface area contributed by atoms with E-state index in [1.165, 1.54) is 5.56 Å². The van der Waals surface area contributed by atoms with Gasteiger partial charge in [-0.2, -0.15) is 0 Å². The first kappa shape index (κ1) is 13.1. The zero-order valence-corrected chi connectivity index (χ0v) is 13.6. The lowest BCUT2D eigenvalue weighted by atomic mass is 10.2. The highest BCUT2D eigenvalue weighted by molar-refractivity contribution is 9.11. The Labute approximate surface area is 126 Å². The molecule has 1 N–H and O–H groups in total. The number of hydrogen-bond donors (Lipinski definition) is 1. The van der Waals surface area contributed by atoms with Gasteiger partial charge in [-0.1, -0.05) is 50.1 Å². The highest BCUT2D eigenvalue weighted by Crippen LogP contribution is 2.27. The Morgan fingerprint density at radius 1 is 0.882 bits per heavy atom. The van der Waals surface area contributed by atoms with Crippen molar-refractivity contribution in [2.75, 3.05) is 5.32 Å². The standard InChI is InChI=1S/C13H10Br3N/c14-10-5-6-12(16)13(7-10)17-8-9-3-1-2-4-11(9)15/h1-7,17H,8H2. The molecule has 0 saturated heterocycles. The third kappa shape index (κ3) is 3.57. The van der Waals surface area contributed by atoms with Crippen LogP contribution in [0.2, 0.25) is 0 Å². The molecule has 2 aromatic rings. The van der Waals surface area contributed by atoms with Crippen LogP contribution in [0.1, 0.15) is 5.56 Å². The lowest BCUT2D eigenvalue weighted by molar-refractivity contribution is 1.13. The molecule has 0 aliphatic rings. The largest absolute Gasteiger partial charge is 0.380 e. The molecular formula is C13H10Br3N. The van der Waals surface area contributed by atoms with Crippen LogP contribution in [0.15, 0.2) is 55.9 Å². The van der Waals surface area contributed by atoms with Crippen LogP contribution in [0.5, 0.6) is 0 Å². The maximum Gasteiger partial charge on any atom is 0.0498 e. The lowest BCUT2D eigenvalue weighted by Crippen LogP contribution is -2.00. The van der Waals surface area contributed by atoms with Gasteiger partial charge in [-0.15, -0.1) is 0 Å². The molecule has 2 aromatic carbocycles. The van der Waals surface area contributed by atoms with Crippen molar-refractivity contribution in [2.24, 2.45) is 0 Å². The first-order chi connectivity index (χ1) is 8.16. The van der Waals surface area contributed by atoms with Crippen LogP contribution in [-0.2, 0) is 6.54 Å². The van der Waals surface area contributed by atoms with Crippen molar-refractivity contribution in [1.29, 1.82) is 0 Å². The molecule has 17 heavy (non-hydrogen) atoms. The van der Waals surface area contributed by atoms with Gasteiger partial charge in [-0.05, 0) is 45.8 Å². The van der Waals surface area contributed by atoms with E-state index < -0.39 is 0 Å². The molecule has 0 aliphatic carbocycles. The second-order valence-electron chi connectivity index (χ2n) is 3.57. The molecular weight excluding hydrogens is 410 g/mol. The molecule has 0 aliphatic heterocycles. The molecule has 0 fully saturated rings. The van der Waals surface area contributed by atoms with Crippen LogP contribution in [0.3, 0.4) is 0 Å². The first-order valence-electron chi connectivity index (χ1n) is 5.09. The van der Waals surface area contributed by atoms with E-state index in [9.17, 15) is 0 Å². The smallest absolute Gasteiger partial charge is 0.0498 e. The maximum atomic E-state index is 3.54. The number of nitrogens with one attached hydrogen (secondary N) is 1. The summed E-state index contributed by atoms with van der Waals surface area (Å²) in [6, 6.07) is 14.3. The van der Waals surface area contributed by atoms with E-state index in [-0.39, 0.29) is 0 Å². The van der Waals surface area contributed by atoms with Gasteiger partial charge in [0.05, 0.1) is 0 Å². The second kappa shape index (κ2) is 6.03. The van der Waals surface area contributed by atoms with Crippen LogP contribution in [0.4, 0.5) is 5.69 Å². The molecule has 0 radical (unpaired) electrons. The Kier molecular flexibility index (Phi) is 4.65. The summed E-state index contributed by atoms with van der Waals surface area (Å²) in [4.78, 5) is 0. The van der Waals surface area contributed by atoms with Crippen molar-refractivity contribution in [1.82, 2.24) is 0 Å². The van der Waals surface area contributed by atoms with Crippen molar-refractivity contribution in [3.63, 3.8) is 0 Å². The molecule has 0 spiro atoms. The number of anilines is 1. The Bertz CT molecular complexity index is 526. The summed E-state index contributed by atoms with van der Waals surface area (Å²) in [5.41, 5.74) is 2.31. The second-order valence-corrected chi connectivity index (χ2v) is 6.19. The molecule has 0 heterocycles. The Hall–Kier alpha value is -0.320. The molecule has 4 heteroatoms. The molecule has 0 unspecified atom stereocenters. The molecule has 0 amide bonds. The molecule has 0 bridgehead atoms. The minimum absolute atomic E-state index is 0.788. The SMILES string of the molecule is Brc1ccc(Br)c(NCc2ccccc2Br)c1. The average molecular weight is 420 g/mol. The minimum atomic E-state index is 0.788. The fraction of sp³-hybridized carbons (Fsp3) is 0.0769. The summed E-state index contributed by atoms with van der Waals surface area (Å²) in [5, 5.41) is 3.40. The van der Waals surface area contributed by atoms with Crippen LogP contribution < -0.4 is 5.32 Å². The topological polar surface area (TPSA) is 12.0 Å². The van der Waals surface area contributed by atoms with Gasteiger partial charge in [-0.3, -0.25) is 0 Å². The number of hydrogen-bond acceptors (Lipinski definition) is 1. The van der Waals surface area contributed by atoms with Gasteiger partial charge in [0, 0.05) is 25.7 Å². The molecule has 1 nitrogen and oxygen atoms in total. The van der Waals surface area contributed by atoms with Gasteiger partial charge in [0.25, 0.3) is 0 Å². The lowest BCUT2D eigenvalue weighted by Gasteiger charge is -2.10. The molecule has 0 saturated carbocycles. The van der Waals surface area contributed by atoms with E-state index in [4.69, 9.17) is 0 Å². The van der Waals surface area contributed by atoms with Gasteiger partial charge < -0.3 is 5.32 Å². The predicted molar refractivity (Wildman–Crippen MR) is 83.3 cm³/mol. The van der Waals surface area contributed by atoms with Gasteiger partial charge in [-0.25, -0.2) is 0 Å². The predicted octanol–water partition coefficient (Wildman–Crippen LogP) is 5.59. The third-order valence-electron chi connectivity index (χ3n) is 2.36. The van der Waals surface area contributed by atoms with Gasteiger partial charge in [0.2, 0.25) is 0 Å². The van der Waals surface area contributed by atoms with Crippen LogP contribution in [0.25, 0.3) is 0 Å². The number of halogens is 3. The molecule has 0 aromatic heterocycles. The third-order valence-corrected chi connectivity index (χ3v) is 4.31. The number of benzene rings is 2. The zero-order chi connectivity index (χ0) is 12.3. The van der Waals surface area contributed by atoms with Crippen molar-refractivity contribution < 1.29 is 0 Å². The molecule has 2 rings (SSSR count). The Morgan fingerprint density at radius 3 is 2.41 bits per heavy atom. The minimum Gasteiger partial charge on any atom is -0.380 e. The van der Waals surface area contributed by atoms with Gasteiger partial charge >= 0.3 is 0 Å². The fourth-order valence-corrected chi connectivity index (χ4v) is 2.64. The monoisotopic (exact) mass is 417 g/mol. The van der Waals surface area contributed by atoms with Crippen molar-refractivity contribution in [3.8, 4) is 0 Å². The Balaban J connectivity index is 2.12. The van der Waals surface area contributed by atoms with E-state index in [1.807, 2.05) is 30.3 Å². The summed E-state index contributed by atoms with van der Waals surface area (Å²) >= 11 is 10.5. The zero-order valence-electron chi connectivity index (χ0n) is 8.88. The fourth-order valence-electron chi connectivity index (χ4n) is 1.47. The summed E-state index contributed by atoms with van der Waals surface area (Å²) in [7, 11) is 0. The van der Waals surface area contributed by atoms with E-state index >= 15 is 0 Å². The maximum absolute atomic E-state index is 3.54. The highest BCUT2D eigenvalue weighted by Gasteiger charge is 2.02. The molecule has 0 atom stereocenters. The van der Waals surface area contributed by atoms with Gasteiger partial charge in [0.15, 0.2) is 0 Å². The first-order valence-corrected chi connectivity index (χ1v) is 7.47. The van der Waals surface area contributed by atoms with E-state index in [1.54, 1.807) is 0 Å². The normalized spacial score (nSPS) is 10.3. The van der Waals surface area contributed by atoms with Crippen LogP contribution >= 0.6 is 47.8 Å². The summed E-state index contributed by atoms with van der Waals surface area (Å²) in [6.07, 6.45) is 0. The molecule has 88 valence electrons. The van der Waals surface area contributed by atoms with Gasteiger partial charge in [0.1, 0.15) is 0 Å². The van der Waals surface area contributed by atoms with Crippen molar-refractivity contribution >= 4 is 53.5 Å². The summed E-state index contributed by atoms with van der Waals surface area (Å²) in [5.74, 6) is 0. The van der Waals surface area contributed by atoms with E-state index in [0.717, 1.165) is 25.7 Å². The van der Waals surface area contributed by atoms with Crippen molar-refractivity contribution in [3.05, 3.63) is 61.4 Å². The van der Waals surface area contributed by atoms with Crippen LogP contribution in [-0.4, -0.2) is 0 Å². The summed E-state index contributed by atoms with van der Waals surface area (Å²) in [6.45, 7) is 0.788. The quantitative estimate of drug-likeness (QED) is 0.684. The summed E-state index contributed by atoms with van der Waals surface area (Å²) < 4.78 is 3.25. The van der Waals surface area contributed by atoms with Crippen LogP contribution in [0, 0.1) is 0 Å². The Morgan fingerprint density at radius 2 is 1.65 bits per heavy atom. The van der Waals surface area contributed by atoms with E-state index in [2.05, 4.69) is 65.2 Å². The number of rotatable bonds is 3. The highest BCUT2D eigenvalue weighted by atomic mass is 79.9.